The average Bonchev–Trinajstić information content (AvgIpc) is 3.38. The highest BCUT2D eigenvalue weighted by atomic mass is 32.2. The first kappa shape index (κ1) is 34.5. The number of likely N-dealkylation sites (tertiary alicyclic amines) is 1. The number of hydrogen-bond donors (Lipinski definition) is 0. The van der Waals surface area contributed by atoms with Gasteiger partial charge in [0.2, 0.25) is 5.60 Å². The Kier molecular flexibility index (Phi) is 10.0. The zero-order valence-corrected chi connectivity index (χ0v) is 29.3. The summed E-state index contributed by atoms with van der Waals surface area (Å²) in [5, 5.41) is 0. The van der Waals surface area contributed by atoms with Gasteiger partial charge in [-0.05, 0) is 75.8 Å². The van der Waals surface area contributed by atoms with Crippen LogP contribution in [0.4, 0.5) is 10.5 Å². The molecule has 49 heavy (non-hydrogen) atoms. The maximum atomic E-state index is 15.1. The van der Waals surface area contributed by atoms with Gasteiger partial charge in [0.25, 0.3) is 15.9 Å². The highest BCUT2D eigenvalue weighted by Gasteiger charge is 2.61. The summed E-state index contributed by atoms with van der Waals surface area (Å²) in [5.74, 6) is -0.272. The van der Waals surface area contributed by atoms with Crippen LogP contribution in [-0.2, 0) is 25.2 Å². The Morgan fingerprint density at radius 2 is 1.53 bits per heavy atom. The van der Waals surface area contributed by atoms with E-state index in [4.69, 9.17) is 18.9 Å². The Labute approximate surface area is 288 Å². The number of fused-ring (bicyclic) bond motifs is 1. The second-order valence-electron chi connectivity index (χ2n) is 12.6. The van der Waals surface area contributed by atoms with Crippen molar-refractivity contribution in [3.63, 3.8) is 0 Å². The van der Waals surface area contributed by atoms with Gasteiger partial charge in [-0.1, -0.05) is 37.3 Å². The number of carbonyl (C=O) groups excluding carboxylic acids is 2. The number of benzene rings is 3. The quantitative estimate of drug-likeness (QED) is 0.304. The Bertz CT molecular complexity index is 1790. The molecule has 0 N–H and O–H groups in total. The number of hydrogen-bond acceptors (Lipinski definition) is 10. The third kappa shape index (κ3) is 6.30. The molecule has 1 unspecified atom stereocenters. The van der Waals surface area contributed by atoms with Gasteiger partial charge < -0.3 is 28.7 Å². The molecule has 12 nitrogen and oxygen atoms in total. The summed E-state index contributed by atoms with van der Waals surface area (Å²) < 4.78 is 53.2. The number of piperazine rings is 1. The smallest absolute Gasteiger partial charge is 0.411 e. The van der Waals surface area contributed by atoms with Gasteiger partial charge >= 0.3 is 6.09 Å². The number of ether oxygens (including phenoxy) is 4. The summed E-state index contributed by atoms with van der Waals surface area (Å²) in [5.41, 5.74) is -1.85. The largest absolute Gasteiger partial charge is 0.497 e. The number of nitrogens with zero attached hydrogens (tertiary/aromatic N) is 4. The lowest BCUT2D eigenvalue weighted by Crippen LogP contribution is -2.55. The first-order valence-electron chi connectivity index (χ1n) is 16.7. The minimum Gasteiger partial charge on any atom is -0.497 e. The molecular weight excluding hydrogens is 648 g/mol. The lowest BCUT2D eigenvalue weighted by atomic mass is 9.86. The summed E-state index contributed by atoms with van der Waals surface area (Å²) in [4.78, 5) is 35.5. The van der Waals surface area contributed by atoms with E-state index in [2.05, 4.69) is 16.8 Å². The minimum absolute atomic E-state index is 0.0295. The number of piperidine rings is 1. The third-order valence-corrected chi connectivity index (χ3v) is 11.4. The summed E-state index contributed by atoms with van der Waals surface area (Å²) in [6.07, 6.45) is 2.09. The molecule has 0 radical (unpaired) electrons. The second kappa shape index (κ2) is 14.3. The van der Waals surface area contributed by atoms with Crippen LogP contribution in [0.3, 0.4) is 0 Å². The van der Waals surface area contributed by atoms with E-state index in [1.807, 2.05) is 6.92 Å². The standard InChI is InChI=1S/C36H44N4O8S/c1-5-24-47-31-11-7-6-10-28(31)36(48-35(42)39-22-20-38(21-23-39)26-16-18-37(2)19-17-26)29-25-27(45-3)14-15-30(29)40(34(36)41)49(43,44)33-13-9-8-12-32(33)46-4/h6-15,25-26H,5,16-24H2,1-4H3. The van der Waals surface area contributed by atoms with Gasteiger partial charge in [-0.2, -0.15) is 4.31 Å². The van der Waals surface area contributed by atoms with E-state index in [9.17, 15) is 13.2 Å². The van der Waals surface area contributed by atoms with Crippen LogP contribution in [0.1, 0.15) is 37.3 Å². The third-order valence-electron chi connectivity index (χ3n) is 9.62. The normalized spacial score (nSPS) is 20.6. The van der Waals surface area contributed by atoms with Crippen molar-refractivity contribution in [1.82, 2.24) is 14.7 Å². The molecule has 6 rings (SSSR count). The van der Waals surface area contributed by atoms with E-state index >= 15 is 4.79 Å². The van der Waals surface area contributed by atoms with Crippen LogP contribution < -0.4 is 18.5 Å². The molecule has 3 aliphatic rings. The topological polar surface area (TPSA) is 118 Å². The lowest BCUT2D eigenvalue weighted by Gasteiger charge is -2.42. The van der Waals surface area contributed by atoms with Gasteiger partial charge in [-0.15, -0.1) is 0 Å². The van der Waals surface area contributed by atoms with Crippen molar-refractivity contribution in [2.45, 2.75) is 42.7 Å². The van der Waals surface area contributed by atoms with E-state index in [0.717, 1.165) is 25.9 Å². The zero-order chi connectivity index (χ0) is 34.8. The van der Waals surface area contributed by atoms with Crippen LogP contribution in [0, 0.1) is 0 Å². The van der Waals surface area contributed by atoms with E-state index in [1.54, 1.807) is 53.4 Å². The van der Waals surface area contributed by atoms with Crippen LogP contribution in [-0.4, -0.2) is 108 Å². The van der Waals surface area contributed by atoms with Crippen molar-refractivity contribution < 1.29 is 37.0 Å². The highest BCUT2D eigenvalue weighted by Crippen LogP contribution is 2.53. The van der Waals surface area contributed by atoms with Gasteiger partial charge in [0.15, 0.2) is 0 Å². The van der Waals surface area contributed by atoms with E-state index in [-0.39, 0.29) is 27.5 Å². The maximum Gasteiger partial charge on any atom is 0.411 e. The van der Waals surface area contributed by atoms with Crippen LogP contribution in [0.15, 0.2) is 71.6 Å². The summed E-state index contributed by atoms with van der Waals surface area (Å²) in [6, 6.07) is 17.9. The van der Waals surface area contributed by atoms with Gasteiger partial charge in [0, 0.05) is 37.8 Å². The number of rotatable bonds is 10. The van der Waals surface area contributed by atoms with Gasteiger partial charge in [-0.3, -0.25) is 9.69 Å². The molecule has 1 atom stereocenters. The number of para-hydroxylation sites is 2. The van der Waals surface area contributed by atoms with E-state index in [1.165, 1.54) is 32.4 Å². The van der Waals surface area contributed by atoms with Crippen molar-refractivity contribution in [3.05, 3.63) is 77.9 Å². The molecule has 0 spiro atoms. The SMILES string of the molecule is CCCOc1ccccc1C1(OC(=O)N2CCN(C3CCN(C)CC3)CC2)C(=O)N(S(=O)(=O)c2ccccc2OC)c2ccc(OC)cc21. The number of amides is 2. The fourth-order valence-corrected chi connectivity index (χ4v) is 8.59. The average molecular weight is 693 g/mol. The molecule has 3 aromatic rings. The van der Waals surface area contributed by atoms with Crippen molar-refractivity contribution in [2.75, 3.05) is 71.4 Å². The molecule has 0 aliphatic carbocycles. The van der Waals surface area contributed by atoms with Gasteiger partial charge in [0.05, 0.1) is 32.1 Å². The molecule has 0 bridgehead atoms. The molecule has 3 aliphatic heterocycles. The van der Waals surface area contributed by atoms with Crippen molar-refractivity contribution in [1.29, 1.82) is 0 Å². The zero-order valence-electron chi connectivity index (χ0n) is 28.5. The monoisotopic (exact) mass is 692 g/mol. The fraction of sp³-hybridized carbons (Fsp3) is 0.444. The maximum absolute atomic E-state index is 15.1. The predicted molar refractivity (Wildman–Crippen MR) is 184 cm³/mol. The van der Waals surface area contributed by atoms with Crippen LogP contribution in [0.5, 0.6) is 17.2 Å². The first-order chi connectivity index (χ1) is 23.6. The Morgan fingerprint density at radius 3 is 2.20 bits per heavy atom. The Hall–Kier alpha value is -4.33. The second-order valence-corrected chi connectivity index (χ2v) is 14.3. The fourth-order valence-electron chi connectivity index (χ4n) is 6.97. The van der Waals surface area contributed by atoms with Crippen LogP contribution >= 0.6 is 0 Å². The van der Waals surface area contributed by atoms with Crippen molar-refractivity contribution in [3.8, 4) is 17.2 Å². The highest BCUT2D eigenvalue weighted by molar-refractivity contribution is 7.93. The van der Waals surface area contributed by atoms with Crippen LogP contribution in [0.2, 0.25) is 0 Å². The summed E-state index contributed by atoms with van der Waals surface area (Å²) >= 11 is 0. The molecule has 2 amide bonds. The molecule has 2 fully saturated rings. The molecule has 3 heterocycles. The van der Waals surface area contributed by atoms with Gasteiger partial charge in [-0.25, -0.2) is 13.2 Å². The molecule has 2 saturated heterocycles. The first-order valence-corrected chi connectivity index (χ1v) is 18.1. The Morgan fingerprint density at radius 1 is 0.857 bits per heavy atom. The predicted octanol–water partition coefficient (Wildman–Crippen LogP) is 4.32. The van der Waals surface area contributed by atoms with Gasteiger partial charge in [0.1, 0.15) is 22.1 Å². The summed E-state index contributed by atoms with van der Waals surface area (Å²) in [7, 11) is 0.366. The number of sulfonamides is 1. The van der Waals surface area contributed by atoms with Crippen LogP contribution in [0.25, 0.3) is 0 Å². The molecule has 262 valence electrons. The van der Waals surface area contributed by atoms with Crippen molar-refractivity contribution in [2.24, 2.45) is 0 Å². The number of methoxy groups -OCH3 is 2. The molecule has 13 heteroatoms. The molecular formula is C36H44N4O8S. The van der Waals surface area contributed by atoms with E-state index < -0.39 is 27.6 Å². The number of carbonyl (C=O) groups is 2. The molecule has 3 aromatic carbocycles. The van der Waals surface area contributed by atoms with E-state index in [0.29, 0.717) is 61.1 Å². The Balaban J connectivity index is 1.44. The number of anilines is 1. The molecule has 0 aromatic heterocycles. The van der Waals surface area contributed by atoms with Crippen molar-refractivity contribution >= 4 is 27.7 Å². The lowest BCUT2D eigenvalue weighted by molar-refractivity contribution is -0.132. The molecule has 0 saturated carbocycles. The minimum atomic E-state index is -4.59. The summed E-state index contributed by atoms with van der Waals surface area (Å²) in [6.45, 7) is 6.48.